The van der Waals surface area contributed by atoms with Gasteiger partial charge in [-0.15, -0.1) is 0 Å². The normalized spacial score (nSPS) is 12.2. The van der Waals surface area contributed by atoms with Crippen molar-refractivity contribution in [3.8, 4) is 0 Å². The molecule has 10 heteroatoms. The number of rotatable bonds is 12. The van der Waals surface area contributed by atoms with Crippen LogP contribution in [-0.4, -0.2) is 50.5 Å². The Hall–Kier alpha value is -2.29. The molecule has 0 spiro atoms. The maximum atomic E-state index is 13.7. The van der Waals surface area contributed by atoms with Gasteiger partial charge in [-0.3, -0.25) is 13.9 Å². The van der Waals surface area contributed by atoms with Gasteiger partial charge in [-0.1, -0.05) is 55.6 Å². The number of carbonyl (C=O) groups is 2. The van der Waals surface area contributed by atoms with E-state index in [1.165, 1.54) is 4.90 Å². The molecule has 2 amide bonds. The highest BCUT2D eigenvalue weighted by Crippen LogP contribution is 2.25. The minimum absolute atomic E-state index is 0.0694. The lowest BCUT2D eigenvalue weighted by Crippen LogP contribution is -2.52. The van der Waals surface area contributed by atoms with E-state index in [1.54, 1.807) is 30.3 Å². The van der Waals surface area contributed by atoms with E-state index in [0.717, 1.165) is 34.5 Å². The molecule has 0 aliphatic carbocycles. The van der Waals surface area contributed by atoms with E-state index in [1.807, 2.05) is 33.8 Å². The Morgan fingerprint density at radius 3 is 2.25 bits per heavy atom. The van der Waals surface area contributed by atoms with Crippen LogP contribution in [0.1, 0.15) is 49.8 Å². The Kier molecular flexibility index (Phi) is 11.1. The predicted molar refractivity (Wildman–Crippen MR) is 147 cm³/mol. The Balaban J connectivity index is 2.45. The van der Waals surface area contributed by atoms with Gasteiger partial charge in [0.2, 0.25) is 21.8 Å². The number of amides is 2. The summed E-state index contributed by atoms with van der Waals surface area (Å²) in [5.74, 6) is -0.779. The highest BCUT2D eigenvalue weighted by atomic mass is 35.5. The number of aryl methyl sites for hydroxylation is 2. The van der Waals surface area contributed by atoms with E-state index in [2.05, 4.69) is 5.32 Å². The van der Waals surface area contributed by atoms with Crippen molar-refractivity contribution >= 4 is 50.7 Å². The molecule has 0 aliphatic heterocycles. The van der Waals surface area contributed by atoms with Gasteiger partial charge in [-0.25, -0.2) is 8.42 Å². The lowest BCUT2D eigenvalue weighted by molar-refractivity contribution is -0.140. The largest absolute Gasteiger partial charge is 0.354 e. The molecular weight excluding hydrogens is 521 g/mol. The molecular formula is C26H35Cl2N3O4S. The van der Waals surface area contributed by atoms with E-state index in [-0.39, 0.29) is 12.5 Å². The highest BCUT2D eigenvalue weighted by Gasteiger charge is 2.31. The number of nitrogens with zero attached hydrogens (tertiary/aromatic N) is 2. The Labute approximate surface area is 224 Å². The number of hydrogen-bond donors (Lipinski definition) is 1. The lowest BCUT2D eigenvalue weighted by atomic mass is 10.1. The van der Waals surface area contributed by atoms with Gasteiger partial charge in [0, 0.05) is 13.1 Å². The number of sulfonamides is 1. The molecule has 0 aliphatic rings. The predicted octanol–water partition coefficient (Wildman–Crippen LogP) is 5.10. The van der Waals surface area contributed by atoms with E-state index >= 15 is 0 Å². The molecule has 0 saturated carbocycles. The van der Waals surface area contributed by atoms with Gasteiger partial charge >= 0.3 is 0 Å². The maximum absolute atomic E-state index is 13.7. The molecule has 2 aromatic carbocycles. The van der Waals surface area contributed by atoms with E-state index in [4.69, 9.17) is 23.2 Å². The third kappa shape index (κ3) is 8.11. The van der Waals surface area contributed by atoms with Gasteiger partial charge in [0.1, 0.15) is 12.6 Å². The summed E-state index contributed by atoms with van der Waals surface area (Å²) in [6, 6.07) is 9.44. The van der Waals surface area contributed by atoms with E-state index in [0.29, 0.717) is 34.3 Å². The molecule has 0 aromatic heterocycles. The second kappa shape index (κ2) is 13.3. The van der Waals surface area contributed by atoms with Crippen LogP contribution in [0.15, 0.2) is 36.4 Å². The van der Waals surface area contributed by atoms with E-state index in [9.17, 15) is 18.0 Å². The number of hydrogen-bond acceptors (Lipinski definition) is 4. The Morgan fingerprint density at radius 2 is 1.69 bits per heavy atom. The molecule has 0 radical (unpaired) electrons. The molecule has 1 atom stereocenters. The summed E-state index contributed by atoms with van der Waals surface area (Å²) < 4.78 is 26.5. The van der Waals surface area contributed by atoms with Crippen molar-refractivity contribution < 1.29 is 18.0 Å². The average Bonchev–Trinajstić information content (AvgIpc) is 2.80. The SMILES string of the molecule is CCCCNC(=O)C(CC)N(Cc1ccc(Cl)c(Cl)c1)C(=O)CN(c1ccc(C)c(C)c1)S(C)(=O)=O. The summed E-state index contributed by atoms with van der Waals surface area (Å²) in [7, 11) is -3.78. The molecule has 1 unspecified atom stereocenters. The highest BCUT2D eigenvalue weighted by molar-refractivity contribution is 7.92. The molecule has 7 nitrogen and oxygen atoms in total. The van der Waals surface area contributed by atoms with Crippen LogP contribution in [0.25, 0.3) is 0 Å². The van der Waals surface area contributed by atoms with Crippen molar-refractivity contribution in [1.82, 2.24) is 10.2 Å². The molecule has 0 fully saturated rings. The molecule has 36 heavy (non-hydrogen) atoms. The van der Waals surface area contributed by atoms with Gasteiger partial charge in [0.25, 0.3) is 0 Å². The zero-order chi connectivity index (χ0) is 27.0. The summed E-state index contributed by atoms with van der Waals surface area (Å²) in [6.45, 7) is 7.77. The average molecular weight is 557 g/mol. The fourth-order valence-electron chi connectivity index (χ4n) is 3.75. The summed E-state index contributed by atoms with van der Waals surface area (Å²) in [6.07, 6.45) is 3.15. The molecule has 2 rings (SSSR count). The number of halogens is 2. The van der Waals surface area contributed by atoms with Crippen molar-refractivity contribution in [2.24, 2.45) is 0 Å². The first-order valence-electron chi connectivity index (χ1n) is 11.9. The number of carbonyl (C=O) groups excluding carboxylic acids is 2. The number of anilines is 1. The quantitative estimate of drug-likeness (QED) is 0.369. The van der Waals surface area contributed by atoms with Crippen molar-refractivity contribution in [3.05, 3.63) is 63.1 Å². The van der Waals surface area contributed by atoms with Gasteiger partial charge < -0.3 is 10.2 Å². The van der Waals surface area contributed by atoms with Crippen LogP contribution in [-0.2, 0) is 26.2 Å². The van der Waals surface area contributed by atoms with Crippen LogP contribution >= 0.6 is 23.2 Å². The van der Waals surface area contributed by atoms with Crippen LogP contribution in [0, 0.1) is 13.8 Å². The van der Waals surface area contributed by atoms with Gasteiger partial charge in [-0.05, 0) is 67.6 Å². The van der Waals surface area contributed by atoms with Gasteiger partial charge in [-0.2, -0.15) is 0 Å². The standard InChI is InChI=1S/C26H35Cl2N3O4S/c1-6-8-13-29-26(33)24(7-2)30(16-20-10-12-22(27)23(28)15-20)25(32)17-31(36(5,34)35)21-11-9-18(3)19(4)14-21/h9-12,14-15,24H,6-8,13,16-17H2,1-5H3,(H,29,33). The fourth-order valence-corrected chi connectivity index (χ4v) is 4.92. The van der Waals surface area contributed by atoms with Gasteiger partial charge in [0.05, 0.1) is 22.0 Å². The second-order valence-corrected chi connectivity index (χ2v) is 11.6. The van der Waals surface area contributed by atoms with Crippen LogP contribution in [0.4, 0.5) is 5.69 Å². The summed E-state index contributed by atoms with van der Waals surface area (Å²) in [4.78, 5) is 28.2. The van der Waals surface area contributed by atoms with E-state index < -0.39 is 28.5 Å². The smallest absolute Gasteiger partial charge is 0.244 e. The third-order valence-corrected chi connectivity index (χ3v) is 7.89. The zero-order valence-electron chi connectivity index (χ0n) is 21.5. The van der Waals surface area contributed by atoms with Crippen LogP contribution in [0.3, 0.4) is 0 Å². The molecule has 0 heterocycles. The molecule has 198 valence electrons. The minimum Gasteiger partial charge on any atom is -0.354 e. The third-order valence-electron chi connectivity index (χ3n) is 6.01. The topological polar surface area (TPSA) is 86.8 Å². The maximum Gasteiger partial charge on any atom is 0.244 e. The number of unbranched alkanes of at least 4 members (excludes halogenated alkanes) is 1. The number of benzene rings is 2. The van der Waals surface area contributed by atoms with Gasteiger partial charge in [0.15, 0.2) is 0 Å². The number of nitrogens with one attached hydrogen (secondary N) is 1. The Morgan fingerprint density at radius 1 is 1.00 bits per heavy atom. The summed E-state index contributed by atoms with van der Waals surface area (Å²) in [5.41, 5.74) is 2.98. The first kappa shape index (κ1) is 29.9. The summed E-state index contributed by atoms with van der Waals surface area (Å²) >= 11 is 12.2. The molecule has 0 bridgehead atoms. The van der Waals surface area contributed by atoms with Crippen molar-refractivity contribution in [3.63, 3.8) is 0 Å². The zero-order valence-corrected chi connectivity index (χ0v) is 23.8. The van der Waals surface area contributed by atoms with Crippen molar-refractivity contribution in [2.75, 3.05) is 23.7 Å². The fraction of sp³-hybridized carbons (Fsp3) is 0.462. The molecule has 0 saturated heterocycles. The second-order valence-electron chi connectivity index (χ2n) is 8.88. The van der Waals surface area contributed by atoms with Crippen LogP contribution in [0.5, 0.6) is 0 Å². The minimum atomic E-state index is -3.78. The first-order chi connectivity index (χ1) is 16.9. The molecule has 1 N–H and O–H groups in total. The van der Waals surface area contributed by atoms with Crippen molar-refractivity contribution in [1.29, 1.82) is 0 Å². The summed E-state index contributed by atoms with van der Waals surface area (Å²) in [5, 5.41) is 3.60. The van der Waals surface area contributed by atoms with Crippen LogP contribution in [0.2, 0.25) is 10.0 Å². The Bertz CT molecular complexity index is 1190. The van der Waals surface area contributed by atoms with Crippen molar-refractivity contribution in [2.45, 2.75) is 59.5 Å². The lowest BCUT2D eigenvalue weighted by Gasteiger charge is -2.33. The monoisotopic (exact) mass is 555 g/mol. The molecule has 2 aromatic rings. The van der Waals surface area contributed by atoms with Crippen LogP contribution < -0.4 is 9.62 Å². The first-order valence-corrected chi connectivity index (χ1v) is 14.6.